The van der Waals surface area contributed by atoms with Gasteiger partial charge >= 0.3 is 0 Å². The van der Waals surface area contributed by atoms with Crippen LogP contribution in [0.1, 0.15) is 26.7 Å². The highest BCUT2D eigenvalue weighted by atomic mass is 32.2. The topological polar surface area (TPSA) is 12.0 Å². The van der Waals surface area contributed by atoms with Crippen LogP contribution in [0.5, 0.6) is 0 Å². The van der Waals surface area contributed by atoms with E-state index in [9.17, 15) is 0 Å². The van der Waals surface area contributed by atoms with E-state index in [0.29, 0.717) is 0 Å². The Morgan fingerprint density at radius 1 is 1.36 bits per heavy atom. The second-order valence-corrected chi connectivity index (χ2v) is 6.68. The first-order valence-electron chi connectivity index (χ1n) is 5.68. The Kier molecular flexibility index (Phi) is 7.17. The first kappa shape index (κ1) is 12.7. The maximum absolute atomic E-state index is 3.66. The fourth-order valence-electron chi connectivity index (χ4n) is 1.56. The summed E-state index contributed by atoms with van der Waals surface area (Å²) in [5, 5.41) is 3.66. The zero-order valence-electron chi connectivity index (χ0n) is 9.42. The summed E-state index contributed by atoms with van der Waals surface area (Å²) >= 11 is 4.18. The molecule has 3 heteroatoms. The van der Waals surface area contributed by atoms with Crippen LogP contribution >= 0.6 is 23.5 Å². The molecule has 14 heavy (non-hydrogen) atoms. The minimum absolute atomic E-state index is 0.816. The maximum atomic E-state index is 3.66. The second-order valence-electron chi connectivity index (χ2n) is 4.31. The molecule has 1 aliphatic heterocycles. The third kappa shape index (κ3) is 6.20. The predicted molar refractivity (Wildman–Crippen MR) is 70.5 cm³/mol. The van der Waals surface area contributed by atoms with Gasteiger partial charge in [0.1, 0.15) is 0 Å². The van der Waals surface area contributed by atoms with Crippen molar-refractivity contribution in [3.05, 3.63) is 0 Å². The van der Waals surface area contributed by atoms with Crippen molar-refractivity contribution >= 4 is 23.5 Å². The Hall–Kier alpha value is 0.660. The smallest absolute Gasteiger partial charge is 0.00831 e. The Bertz CT molecular complexity index is 133. The molecule has 0 saturated carbocycles. The average Bonchev–Trinajstić information content (AvgIpc) is 2.18. The molecular formula is C11H23NS2. The molecule has 0 unspecified atom stereocenters. The molecule has 0 bridgehead atoms. The monoisotopic (exact) mass is 233 g/mol. The van der Waals surface area contributed by atoms with Gasteiger partial charge in [-0.25, -0.2) is 0 Å². The zero-order chi connectivity index (χ0) is 10.2. The van der Waals surface area contributed by atoms with Crippen molar-refractivity contribution < 1.29 is 0 Å². The molecule has 0 aromatic rings. The lowest BCUT2D eigenvalue weighted by molar-refractivity contribution is 0.499. The van der Waals surface area contributed by atoms with Gasteiger partial charge in [0.15, 0.2) is 0 Å². The van der Waals surface area contributed by atoms with Gasteiger partial charge in [0.25, 0.3) is 0 Å². The molecule has 1 aliphatic rings. The zero-order valence-corrected chi connectivity index (χ0v) is 11.1. The SMILES string of the molecule is CC(C)CSCCNC1CCSCC1. The van der Waals surface area contributed by atoms with Crippen LogP contribution in [0.15, 0.2) is 0 Å². The molecule has 0 aliphatic carbocycles. The van der Waals surface area contributed by atoms with E-state index in [-0.39, 0.29) is 0 Å². The molecule has 0 atom stereocenters. The average molecular weight is 233 g/mol. The number of hydrogen-bond donors (Lipinski definition) is 1. The van der Waals surface area contributed by atoms with Crippen LogP contribution in [0, 0.1) is 5.92 Å². The molecule has 0 aromatic heterocycles. The fourth-order valence-corrected chi connectivity index (χ4v) is 3.56. The summed E-state index contributed by atoms with van der Waals surface area (Å²) in [6.45, 7) is 5.78. The highest BCUT2D eigenvalue weighted by Gasteiger charge is 2.11. The van der Waals surface area contributed by atoms with Crippen molar-refractivity contribution in [1.29, 1.82) is 0 Å². The van der Waals surface area contributed by atoms with Crippen LogP contribution in [-0.2, 0) is 0 Å². The van der Waals surface area contributed by atoms with Crippen LogP contribution in [-0.4, -0.2) is 35.6 Å². The van der Waals surface area contributed by atoms with Gasteiger partial charge in [-0.3, -0.25) is 0 Å². The number of rotatable bonds is 6. The van der Waals surface area contributed by atoms with Crippen molar-refractivity contribution in [1.82, 2.24) is 5.32 Å². The first-order chi connectivity index (χ1) is 6.79. The largest absolute Gasteiger partial charge is 0.313 e. The van der Waals surface area contributed by atoms with Gasteiger partial charge in [0.2, 0.25) is 0 Å². The van der Waals surface area contributed by atoms with Crippen LogP contribution in [0.3, 0.4) is 0 Å². The third-order valence-electron chi connectivity index (χ3n) is 2.35. The molecule has 1 fully saturated rings. The minimum atomic E-state index is 0.816. The molecular weight excluding hydrogens is 210 g/mol. The van der Waals surface area contributed by atoms with Crippen molar-refractivity contribution in [2.45, 2.75) is 32.7 Å². The summed E-state index contributed by atoms with van der Waals surface area (Å²) in [7, 11) is 0. The van der Waals surface area contributed by atoms with E-state index in [1.165, 1.54) is 42.4 Å². The maximum Gasteiger partial charge on any atom is 0.00831 e. The molecule has 1 rings (SSSR count). The van der Waals surface area contributed by atoms with E-state index in [4.69, 9.17) is 0 Å². The van der Waals surface area contributed by atoms with E-state index < -0.39 is 0 Å². The lowest BCUT2D eigenvalue weighted by atomic mass is 10.1. The van der Waals surface area contributed by atoms with Crippen molar-refractivity contribution in [3.63, 3.8) is 0 Å². The molecule has 1 N–H and O–H groups in total. The lowest BCUT2D eigenvalue weighted by Crippen LogP contribution is -2.34. The minimum Gasteiger partial charge on any atom is -0.313 e. The standard InChI is InChI=1S/C11H23NS2/c1-10(2)9-14-8-5-12-11-3-6-13-7-4-11/h10-12H,3-9H2,1-2H3. The van der Waals surface area contributed by atoms with Gasteiger partial charge in [0.05, 0.1) is 0 Å². The van der Waals surface area contributed by atoms with Gasteiger partial charge in [0, 0.05) is 18.3 Å². The van der Waals surface area contributed by atoms with Gasteiger partial charge in [-0.15, -0.1) is 0 Å². The third-order valence-corrected chi connectivity index (χ3v) is 4.80. The summed E-state index contributed by atoms with van der Waals surface area (Å²) in [5.74, 6) is 6.14. The molecule has 1 heterocycles. The van der Waals surface area contributed by atoms with Crippen LogP contribution in [0.25, 0.3) is 0 Å². The highest BCUT2D eigenvalue weighted by molar-refractivity contribution is 7.99. The summed E-state index contributed by atoms with van der Waals surface area (Å²) in [6, 6.07) is 0.816. The van der Waals surface area contributed by atoms with E-state index >= 15 is 0 Å². The summed E-state index contributed by atoms with van der Waals surface area (Å²) in [6.07, 6.45) is 2.75. The Morgan fingerprint density at radius 2 is 2.07 bits per heavy atom. The van der Waals surface area contributed by atoms with E-state index in [1.807, 2.05) is 0 Å². The van der Waals surface area contributed by atoms with Crippen molar-refractivity contribution in [2.75, 3.05) is 29.6 Å². The van der Waals surface area contributed by atoms with Crippen molar-refractivity contribution in [2.24, 2.45) is 5.92 Å². The molecule has 0 spiro atoms. The number of thioether (sulfide) groups is 2. The van der Waals surface area contributed by atoms with Gasteiger partial charge in [-0.05, 0) is 36.0 Å². The molecule has 84 valence electrons. The fraction of sp³-hybridized carbons (Fsp3) is 1.00. The van der Waals surface area contributed by atoms with Gasteiger partial charge < -0.3 is 5.32 Å². The normalized spacial score (nSPS) is 19.1. The highest BCUT2D eigenvalue weighted by Crippen LogP contribution is 2.16. The summed E-state index contributed by atoms with van der Waals surface area (Å²) in [5.41, 5.74) is 0. The lowest BCUT2D eigenvalue weighted by Gasteiger charge is -2.22. The first-order valence-corrected chi connectivity index (χ1v) is 7.99. The molecule has 0 aromatic carbocycles. The van der Waals surface area contributed by atoms with Crippen LogP contribution in [0.2, 0.25) is 0 Å². The summed E-state index contributed by atoms with van der Waals surface area (Å²) < 4.78 is 0. The quantitative estimate of drug-likeness (QED) is 0.709. The van der Waals surface area contributed by atoms with Crippen LogP contribution < -0.4 is 5.32 Å². The van der Waals surface area contributed by atoms with E-state index in [2.05, 4.69) is 42.7 Å². The Labute approximate surface area is 97.2 Å². The number of nitrogens with one attached hydrogen (secondary N) is 1. The van der Waals surface area contributed by atoms with Gasteiger partial charge in [-0.1, -0.05) is 13.8 Å². The Balaban J connectivity index is 1.87. The molecule has 0 radical (unpaired) electrons. The van der Waals surface area contributed by atoms with Crippen molar-refractivity contribution in [3.8, 4) is 0 Å². The second kappa shape index (κ2) is 7.89. The molecule has 1 nitrogen and oxygen atoms in total. The van der Waals surface area contributed by atoms with E-state index in [1.54, 1.807) is 0 Å². The van der Waals surface area contributed by atoms with Gasteiger partial charge in [-0.2, -0.15) is 23.5 Å². The summed E-state index contributed by atoms with van der Waals surface area (Å²) in [4.78, 5) is 0. The van der Waals surface area contributed by atoms with Crippen LogP contribution in [0.4, 0.5) is 0 Å². The number of hydrogen-bond acceptors (Lipinski definition) is 3. The predicted octanol–water partition coefficient (Wildman–Crippen LogP) is 2.86. The molecule has 0 amide bonds. The molecule has 1 saturated heterocycles. The Morgan fingerprint density at radius 3 is 2.71 bits per heavy atom. The van der Waals surface area contributed by atoms with E-state index in [0.717, 1.165) is 12.0 Å².